The van der Waals surface area contributed by atoms with Crippen LogP contribution in [-0.4, -0.2) is 31.8 Å². The van der Waals surface area contributed by atoms with Crippen molar-refractivity contribution in [3.63, 3.8) is 0 Å². The molecule has 0 aliphatic carbocycles. The number of amides is 1. The third-order valence-electron chi connectivity index (χ3n) is 4.10. The number of ether oxygens (including phenoxy) is 2. The molecule has 24 heavy (non-hydrogen) atoms. The summed E-state index contributed by atoms with van der Waals surface area (Å²) < 4.78 is 10.8. The van der Waals surface area contributed by atoms with Crippen LogP contribution in [0.1, 0.15) is 38.3 Å². The predicted molar refractivity (Wildman–Crippen MR) is 101 cm³/mol. The number of benzene rings is 1. The van der Waals surface area contributed by atoms with E-state index >= 15 is 0 Å². The van der Waals surface area contributed by atoms with E-state index in [0.717, 1.165) is 23.2 Å². The van der Waals surface area contributed by atoms with E-state index in [1.165, 1.54) is 0 Å². The largest absolute Gasteiger partial charge is 0.379 e. The summed E-state index contributed by atoms with van der Waals surface area (Å²) in [6, 6.07) is 5.31. The smallest absolute Gasteiger partial charge is 0.241 e. The first-order valence-corrected chi connectivity index (χ1v) is 8.31. The van der Waals surface area contributed by atoms with E-state index in [2.05, 4.69) is 5.32 Å². The molecule has 0 aromatic heterocycles. The lowest BCUT2D eigenvalue weighted by molar-refractivity contribution is -0.118. The van der Waals surface area contributed by atoms with E-state index in [4.69, 9.17) is 15.2 Å². The van der Waals surface area contributed by atoms with Crippen molar-refractivity contribution in [3.8, 4) is 0 Å². The summed E-state index contributed by atoms with van der Waals surface area (Å²) in [7, 11) is 0. The summed E-state index contributed by atoms with van der Waals surface area (Å²) in [5.74, 6) is 0.0113. The highest BCUT2D eigenvalue weighted by atomic mass is 35.5. The second-order valence-corrected chi connectivity index (χ2v) is 5.74. The molecule has 1 rings (SSSR count). The first-order chi connectivity index (χ1) is 11.0. The number of carbonyl (C=O) groups excluding carboxylic acids is 1. The van der Waals surface area contributed by atoms with Crippen LogP contribution in [0, 0.1) is 12.8 Å². The van der Waals surface area contributed by atoms with Crippen LogP contribution >= 0.6 is 12.4 Å². The summed E-state index contributed by atoms with van der Waals surface area (Å²) in [6.07, 6.45) is 0.876. The number of rotatable bonds is 10. The summed E-state index contributed by atoms with van der Waals surface area (Å²) in [4.78, 5) is 12.2. The molecule has 2 unspecified atom stereocenters. The zero-order chi connectivity index (χ0) is 17.2. The lowest BCUT2D eigenvalue weighted by Crippen LogP contribution is -2.40. The average molecular weight is 359 g/mol. The van der Waals surface area contributed by atoms with Crippen LogP contribution in [0.5, 0.6) is 0 Å². The van der Waals surface area contributed by atoms with Crippen LogP contribution in [0.2, 0.25) is 0 Å². The van der Waals surface area contributed by atoms with Crippen LogP contribution in [0.15, 0.2) is 18.2 Å². The third-order valence-corrected chi connectivity index (χ3v) is 4.10. The Morgan fingerprint density at radius 3 is 2.54 bits per heavy atom. The number of hydrogen-bond donors (Lipinski definition) is 2. The van der Waals surface area contributed by atoms with Gasteiger partial charge in [0, 0.05) is 12.3 Å². The van der Waals surface area contributed by atoms with Crippen molar-refractivity contribution < 1.29 is 14.3 Å². The number of anilines is 1. The number of nitrogens with two attached hydrogens (primary N) is 1. The highest BCUT2D eigenvalue weighted by Gasteiger charge is 2.20. The highest BCUT2D eigenvalue weighted by molar-refractivity contribution is 5.95. The Kier molecular flexibility index (Phi) is 11.7. The zero-order valence-corrected chi connectivity index (χ0v) is 15.9. The van der Waals surface area contributed by atoms with Crippen molar-refractivity contribution in [2.75, 3.05) is 25.1 Å². The molecule has 2 atom stereocenters. The van der Waals surface area contributed by atoms with Crippen LogP contribution in [0.4, 0.5) is 5.69 Å². The zero-order valence-electron chi connectivity index (χ0n) is 15.1. The number of carbonyl (C=O) groups is 1. The molecule has 1 aromatic carbocycles. The van der Waals surface area contributed by atoms with Gasteiger partial charge >= 0.3 is 0 Å². The topological polar surface area (TPSA) is 73.6 Å². The van der Waals surface area contributed by atoms with E-state index in [1.54, 1.807) is 0 Å². The first-order valence-electron chi connectivity index (χ1n) is 8.31. The summed E-state index contributed by atoms with van der Waals surface area (Å²) in [6.45, 7) is 10.3. The summed E-state index contributed by atoms with van der Waals surface area (Å²) in [5, 5.41) is 2.93. The van der Waals surface area contributed by atoms with Crippen LogP contribution < -0.4 is 11.1 Å². The average Bonchev–Trinajstić information content (AvgIpc) is 2.56. The SMILES string of the molecule is CCOCCOCc1cccc(NC(=O)C(N)C(C)CC)c1C.Cl. The monoisotopic (exact) mass is 358 g/mol. The molecule has 1 amide bonds. The van der Waals surface area contributed by atoms with Crippen LogP contribution in [-0.2, 0) is 20.9 Å². The van der Waals surface area contributed by atoms with Gasteiger partial charge in [0.25, 0.3) is 0 Å². The van der Waals surface area contributed by atoms with E-state index in [0.29, 0.717) is 26.4 Å². The van der Waals surface area contributed by atoms with Crippen molar-refractivity contribution in [1.82, 2.24) is 0 Å². The normalized spacial score (nSPS) is 13.0. The molecule has 3 N–H and O–H groups in total. The minimum Gasteiger partial charge on any atom is -0.379 e. The fourth-order valence-electron chi connectivity index (χ4n) is 2.15. The molecule has 5 nitrogen and oxygen atoms in total. The van der Waals surface area contributed by atoms with Crippen molar-refractivity contribution >= 4 is 24.0 Å². The van der Waals surface area contributed by atoms with Crippen LogP contribution in [0.3, 0.4) is 0 Å². The standard InChI is InChI=1S/C18H30N2O3.ClH/c1-5-13(3)17(19)18(21)20-16-9-7-8-15(14(16)4)12-23-11-10-22-6-2;/h7-9,13,17H,5-6,10-12,19H2,1-4H3,(H,20,21);1H. The summed E-state index contributed by atoms with van der Waals surface area (Å²) >= 11 is 0. The van der Waals surface area contributed by atoms with Crippen LogP contribution in [0.25, 0.3) is 0 Å². The van der Waals surface area contributed by atoms with Gasteiger partial charge in [0.2, 0.25) is 5.91 Å². The molecule has 0 aliphatic rings. The van der Waals surface area contributed by atoms with E-state index < -0.39 is 6.04 Å². The first kappa shape index (κ1) is 22.9. The van der Waals surface area contributed by atoms with E-state index in [1.807, 2.05) is 45.9 Å². The molecule has 0 bridgehead atoms. The van der Waals surface area contributed by atoms with Gasteiger partial charge in [-0.15, -0.1) is 12.4 Å². The maximum absolute atomic E-state index is 12.2. The Bertz CT molecular complexity index is 497. The minimum absolute atomic E-state index is 0. The predicted octanol–water partition coefficient (Wildman–Crippen LogP) is 3.28. The molecule has 0 fully saturated rings. The fraction of sp³-hybridized carbons (Fsp3) is 0.611. The van der Waals surface area contributed by atoms with Gasteiger partial charge in [-0.3, -0.25) is 4.79 Å². The maximum atomic E-state index is 12.2. The molecule has 0 saturated heterocycles. The van der Waals surface area contributed by atoms with Gasteiger partial charge in [0.1, 0.15) is 0 Å². The quantitative estimate of drug-likeness (QED) is 0.629. The fourth-order valence-corrected chi connectivity index (χ4v) is 2.15. The van der Waals surface area contributed by atoms with Crippen molar-refractivity contribution in [2.24, 2.45) is 11.7 Å². The lowest BCUT2D eigenvalue weighted by atomic mass is 9.99. The molecule has 138 valence electrons. The Balaban J connectivity index is 0.00000529. The van der Waals surface area contributed by atoms with Gasteiger partial charge in [-0.1, -0.05) is 32.4 Å². The molecule has 0 heterocycles. The molecule has 0 spiro atoms. The van der Waals surface area contributed by atoms with Crippen molar-refractivity contribution in [3.05, 3.63) is 29.3 Å². The molecule has 0 aliphatic heterocycles. The molecule has 0 saturated carbocycles. The second kappa shape index (κ2) is 12.3. The number of halogens is 1. The Morgan fingerprint density at radius 1 is 1.25 bits per heavy atom. The summed E-state index contributed by atoms with van der Waals surface area (Å²) in [5.41, 5.74) is 8.83. The Labute approximate surface area is 151 Å². The second-order valence-electron chi connectivity index (χ2n) is 5.74. The van der Waals surface area contributed by atoms with E-state index in [9.17, 15) is 4.79 Å². The minimum atomic E-state index is -0.495. The van der Waals surface area contributed by atoms with Gasteiger partial charge in [0.05, 0.1) is 25.9 Å². The highest BCUT2D eigenvalue weighted by Crippen LogP contribution is 2.20. The Hall–Kier alpha value is -1.14. The Morgan fingerprint density at radius 2 is 1.92 bits per heavy atom. The molecule has 1 aromatic rings. The molecule has 0 radical (unpaired) electrons. The molecular formula is C18H31ClN2O3. The van der Waals surface area contributed by atoms with Crippen molar-refractivity contribution in [1.29, 1.82) is 0 Å². The molecule has 6 heteroatoms. The van der Waals surface area contributed by atoms with Gasteiger partial charge < -0.3 is 20.5 Å². The van der Waals surface area contributed by atoms with Gasteiger partial charge in [-0.2, -0.15) is 0 Å². The van der Waals surface area contributed by atoms with Gasteiger partial charge in [0.15, 0.2) is 0 Å². The van der Waals surface area contributed by atoms with Crippen molar-refractivity contribution in [2.45, 2.75) is 46.8 Å². The molecular weight excluding hydrogens is 328 g/mol. The number of hydrogen-bond acceptors (Lipinski definition) is 4. The number of nitrogens with one attached hydrogen (secondary N) is 1. The van der Waals surface area contributed by atoms with E-state index in [-0.39, 0.29) is 24.2 Å². The van der Waals surface area contributed by atoms with Gasteiger partial charge in [-0.05, 0) is 37.0 Å². The lowest BCUT2D eigenvalue weighted by Gasteiger charge is -2.19. The third kappa shape index (κ3) is 7.18. The van der Waals surface area contributed by atoms with Gasteiger partial charge in [-0.25, -0.2) is 0 Å². The maximum Gasteiger partial charge on any atom is 0.241 e.